The molecule has 1 aromatic heterocycles. The van der Waals surface area contributed by atoms with Crippen molar-refractivity contribution in [3.63, 3.8) is 0 Å². The first kappa shape index (κ1) is 25.5. The van der Waals surface area contributed by atoms with E-state index in [2.05, 4.69) is 109 Å². The molecule has 0 radical (unpaired) electrons. The second-order valence-electron chi connectivity index (χ2n) is 9.48. The van der Waals surface area contributed by atoms with Crippen LogP contribution in [0.2, 0.25) is 0 Å². The third-order valence-electron chi connectivity index (χ3n) is 6.79. The predicted octanol–water partition coefficient (Wildman–Crippen LogP) is 8.44. The summed E-state index contributed by atoms with van der Waals surface area (Å²) in [5.41, 5.74) is 1.45. The van der Waals surface area contributed by atoms with E-state index in [1.165, 1.54) is 0 Å². The van der Waals surface area contributed by atoms with Crippen LogP contribution >= 0.6 is 16.3 Å². The first-order valence-electron chi connectivity index (χ1n) is 13.5. The zero-order valence-electron chi connectivity index (χ0n) is 22.1. The van der Waals surface area contributed by atoms with Crippen molar-refractivity contribution < 1.29 is 13.5 Å². The van der Waals surface area contributed by atoms with Gasteiger partial charge in [-0.3, -0.25) is 0 Å². The van der Waals surface area contributed by atoms with Gasteiger partial charge in [-0.25, -0.2) is 0 Å². The number of hydrogen-bond acceptors (Lipinski definition) is 3. The van der Waals surface area contributed by atoms with Crippen LogP contribution in [0.4, 0.5) is 0 Å². The van der Waals surface area contributed by atoms with Gasteiger partial charge in [0.1, 0.15) is 0 Å². The fraction of sp³-hybridized carbons (Fsp3) is 0. The summed E-state index contributed by atoms with van der Waals surface area (Å²) >= 11 is 0. The SMILES string of the molecule is c1ccc(P(Oc2cccc3c2oc2c(OP(c4ccccc4)c4ccccc4)cccc23)c2ccccc2)cc1. The molecule has 5 heteroatoms. The minimum atomic E-state index is -1.10. The maximum absolute atomic E-state index is 6.82. The second-order valence-corrected chi connectivity index (χ2v) is 13.1. The number of rotatable bonds is 8. The Labute approximate surface area is 241 Å². The van der Waals surface area contributed by atoms with E-state index >= 15 is 0 Å². The highest BCUT2D eigenvalue weighted by molar-refractivity contribution is 7.69. The fourth-order valence-corrected chi connectivity index (χ4v) is 8.34. The molecule has 0 bridgehead atoms. The monoisotopic (exact) mass is 568 g/mol. The summed E-state index contributed by atoms with van der Waals surface area (Å²) in [5, 5.41) is 6.57. The van der Waals surface area contributed by atoms with Gasteiger partial charge < -0.3 is 13.5 Å². The number of hydrogen-bond donors (Lipinski definition) is 0. The zero-order valence-corrected chi connectivity index (χ0v) is 23.9. The molecule has 0 fully saturated rings. The lowest BCUT2D eigenvalue weighted by Crippen LogP contribution is -2.15. The van der Waals surface area contributed by atoms with Crippen LogP contribution in [0.3, 0.4) is 0 Å². The van der Waals surface area contributed by atoms with Crippen LogP contribution in [0, 0.1) is 0 Å². The van der Waals surface area contributed by atoms with Crippen molar-refractivity contribution in [2.75, 3.05) is 0 Å². The van der Waals surface area contributed by atoms with Gasteiger partial charge in [0, 0.05) is 32.0 Å². The van der Waals surface area contributed by atoms with Crippen LogP contribution in [0.25, 0.3) is 21.9 Å². The van der Waals surface area contributed by atoms with Crippen molar-refractivity contribution in [2.24, 2.45) is 0 Å². The normalized spacial score (nSPS) is 11.4. The molecule has 198 valence electrons. The molecule has 0 amide bonds. The van der Waals surface area contributed by atoms with E-state index in [9.17, 15) is 0 Å². The summed E-state index contributed by atoms with van der Waals surface area (Å²) in [6.45, 7) is 0. The molecule has 0 unspecified atom stereocenters. The van der Waals surface area contributed by atoms with Gasteiger partial charge in [-0.05, 0) is 12.1 Å². The Bertz CT molecular complexity index is 1670. The molecule has 0 aliphatic carbocycles. The third-order valence-corrected chi connectivity index (χ3v) is 10.6. The van der Waals surface area contributed by atoms with Gasteiger partial charge in [-0.1, -0.05) is 146 Å². The van der Waals surface area contributed by atoms with Crippen LogP contribution in [-0.2, 0) is 0 Å². The van der Waals surface area contributed by atoms with Crippen molar-refractivity contribution >= 4 is 59.5 Å². The number of benzene rings is 6. The molecule has 0 N–H and O–H groups in total. The van der Waals surface area contributed by atoms with Gasteiger partial charge in [0.05, 0.1) is 0 Å². The van der Waals surface area contributed by atoms with E-state index in [0.29, 0.717) is 0 Å². The molecular formula is C36H26O3P2. The highest BCUT2D eigenvalue weighted by atomic mass is 31.1. The van der Waals surface area contributed by atoms with E-state index in [1.807, 2.05) is 48.5 Å². The van der Waals surface area contributed by atoms with E-state index in [-0.39, 0.29) is 0 Å². The lowest BCUT2D eigenvalue weighted by Gasteiger charge is -2.19. The Morgan fingerprint density at radius 3 is 0.976 bits per heavy atom. The van der Waals surface area contributed by atoms with Gasteiger partial charge in [0.2, 0.25) is 0 Å². The van der Waals surface area contributed by atoms with Crippen molar-refractivity contribution in [1.82, 2.24) is 0 Å². The van der Waals surface area contributed by atoms with Gasteiger partial charge in [0.15, 0.2) is 39.0 Å². The number of para-hydroxylation sites is 2. The first-order chi connectivity index (χ1) is 20.3. The van der Waals surface area contributed by atoms with Gasteiger partial charge in [-0.15, -0.1) is 0 Å². The Hall–Kier alpha value is -4.42. The summed E-state index contributed by atoms with van der Waals surface area (Å²) in [4.78, 5) is 0. The van der Waals surface area contributed by atoms with Crippen molar-refractivity contribution in [2.45, 2.75) is 0 Å². The quantitative estimate of drug-likeness (QED) is 0.173. The highest BCUT2D eigenvalue weighted by Crippen LogP contribution is 2.46. The minimum Gasteiger partial charge on any atom is -0.461 e. The van der Waals surface area contributed by atoms with Crippen molar-refractivity contribution in [3.8, 4) is 11.5 Å². The zero-order chi connectivity index (χ0) is 27.4. The standard InChI is InChI=1S/C36H26O3P2/c1-5-15-27(16-6-1)40(28-17-7-2-8-18-28)38-33-25-13-23-31-32-24-14-26-34(36(32)37-35(31)33)39-41(29-19-9-3-10-20-29)30-21-11-4-12-22-30/h1-26H. The summed E-state index contributed by atoms with van der Waals surface area (Å²) in [6, 6.07) is 53.8. The molecular weight excluding hydrogens is 542 g/mol. The molecule has 0 aliphatic rings. The molecule has 1 heterocycles. The maximum Gasteiger partial charge on any atom is 0.177 e. The number of furan rings is 1. The molecule has 0 atom stereocenters. The fourth-order valence-electron chi connectivity index (χ4n) is 4.87. The Morgan fingerprint density at radius 1 is 0.341 bits per heavy atom. The average molecular weight is 569 g/mol. The largest absolute Gasteiger partial charge is 0.461 e. The maximum atomic E-state index is 6.82. The lowest BCUT2D eigenvalue weighted by atomic mass is 10.1. The summed E-state index contributed by atoms with van der Waals surface area (Å²) < 4.78 is 20.3. The molecule has 7 rings (SSSR count). The van der Waals surface area contributed by atoms with Gasteiger partial charge >= 0.3 is 0 Å². The van der Waals surface area contributed by atoms with Crippen LogP contribution in [0.5, 0.6) is 11.5 Å². The van der Waals surface area contributed by atoms with E-state index in [1.54, 1.807) is 0 Å². The molecule has 41 heavy (non-hydrogen) atoms. The highest BCUT2D eigenvalue weighted by Gasteiger charge is 2.23. The molecule has 3 nitrogen and oxygen atoms in total. The van der Waals surface area contributed by atoms with Crippen molar-refractivity contribution in [3.05, 3.63) is 158 Å². The lowest BCUT2D eigenvalue weighted by molar-refractivity contribution is 0.575. The summed E-state index contributed by atoms with van der Waals surface area (Å²) in [5.74, 6) is 1.44. The van der Waals surface area contributed by atoms with Crippen LogP contribution in [0.1, 0.15) is 0 Å². The van der Waals surface area contributed by atoms with Crippen LogP contribution < -0.4 is 30.3 Å². The smallest absolute Gasteiger partial charge is 0.177 e. The molecule has 0 saturated heterocycles. The Morgan fingerprint density at radius 2 is 0.659 bits per heavy atom. The number of fused-ring (bicyclic) bond motifs is 3. The van der Waals surface area contributed by atoms with E-state index < -0.39 is 16.3 Å². The average Bonchev–Trinajstić information content (AvgIpc) is 3.44. The molecule has 0 aliphatic heterocycles. The second kappa shape index (κ2) is 11.6. The van der Waals surface area contributed by atoms with Crippen LogP contribution in [-0.4, -0.2) is 0 Å². The van der Waals surface area contributed by atoms with Crippen LogP contribution in [0.15, 0.2) is 162 Å². The predicted molar refractivity (Wildman–Crippen MR) is 173 cm³/mol. The Balaban J connectivity index is 1.32. The molecule has 6 aromatic carbocycles. The van der Waals surface area contributed by atoms with Gasteiger partial charge in [0.25, 0.3) is 0 Å². The van der Waals surface area contributed by atoms with E-state index in [0.717, 1.165) is 54.7 Å². The Kier molecular flexibility index (Phi) is 7.22. The molecule has 0 saturated carbocycles. The van der Waals surface area contributed by atoms with E-state index in [4.69, 9.17) is 13.5 Å². The summed E-state index contributed by atoms with van der Waals surface area (Å²) in [6.07, 6.45) is 0. The van der Waals surface area contributed by atoms with Gasteiger partial charge in [-0.2, -0.15) is 0 Å². The first-order valence-corrected chi connectivity index (χ1v) is 16.0. The third kappa shape index (κ3) is 5.23. The molecule has 7 aromatic rings. The topological polar surface area (TPSA) is 31.6 Å². The summed E-state index contributed by atoms with van der Waals surface area (Å²) in [7, 11) is -2.20. The minimum absolute atomic E-state index is 0.719. The molecule has 0 spiro atoms. The van der Waals surface area contributed by atoms with Crippen molar-refractivity contribution in [1.29, 1.82) is 0 Å².